The topological polar surface area (TPSA) is 175 Å². The number of rotatable bonds is 14. The Morgan fingerprint density at radius 3 is 1.22 bits per heavy atom. The van der Waals surface area contributed by atoms with Crippen molar-refractivity contribution in [2.45, 2.75) is 90.4 Å². The average molecular weight is 965 g/mol. The van der Waals surface area contributed by atoms with Crippen LogP contribution in [-0.2, 0) is 49.8 Å². The van der Waals surface area contributed by atoms with Crippen molar-refractivity contribution in [3.63, 3.8) is 0 Å². The third kappa shape index (κ3) is 9.88. The Kier molecular flexibility index (Phi) is 15.2. The molecule has 0 atom stereocenters. The standard InChI is InChI=1S/2C24H28N3O3Si.Mo/c2*1-31(2,27-24(30)16-8-4-3-5-9-16)23-20-12-17-10-6-7-11-18(17)19(20)13-21(25-14-28)22(23)26-15-29;/h2*6-7,10-16H,3-5,8-9H2,1-2H3,(H,25,28)(H,26,29)(H,27,30);/q2*-1;+2. The maximum atomic E-state index is 13.1. The molecule has 6 aromatic rings. The Morgan fingerprint density at radius 2 is 0.873 bits per heavy atom. The molecule has 12 nitrogen and oxygen atoms in total. The molecule has 2 aliphatic rings. The molecule has 8 rings (SSSR count). The monoisotopic (exact) mass is 966 g/mol. The molecule has 328 valence electrons. The van der Waals surface area contributed by atoms with Crippen LogP contribution in [0.3, 0.4) is 0 Å². The molecule has 15 heteroatoms. The molecule has 2 saturated carbocycles. The maximum absolute atomic E-state index is 13.1. The van der Waals surface area contributed by atoms with Crippen LogP contribution < -0.4 is 41.6 Å². The molecule has 0 spiro atoms. The van der Waals surface area contributed by atoms with Crippen LogP contribution in [0.5, 0.6) is 0 Å². The van der Waals surface area contributed by atoms with Gasteiger partial charge in [0.1, 0.15) is 16.5 Å². The van der Waals surface area contributed by atoms with E-state index in [2.05, 4.69) is 69.6 Å². The minimum Gasteiger partial charge on any atom is -0.384 e. The van der Waals surface area contributed by atoms with E-state index >= 15 is 0 Å². The summed E-state index contributed by atoms with van der Waals surface area (Å²) < 4.78 is 0. The Bertz CT molecular complexity index is 2480. The SMILES string of the molecule is C[Si](C)(NC(=O)C1CCCCC1)c1c(NC=O)c(NC=O)cc2c1[cH-]c1ccccc12.C[Si](C)(NC(=O)C1CCCCC1)c1c(NC=O)c(NC=O)cc2c1[cH-]c1ccccc12.[Mo+2]. The smallest absolute Gasteiger partial charge is 0.384 e. The van der Waals surface area contributed by atoms with Crippen molar-refractivity contribution in [2.75, 3.05) is 21.3 Å². The average Bonchev–Trinajstić information content (AvgIpc) is 3.82. The summed E-state index contributed by atoms with van der Waals surface area (Å²) in [6.45, 7) is 8.34. The number of fused-ring (bicyclic) bond motifs is 6. The summed E-state index contributed by atoms with van der Waals surface area (Å²) in [5, 5.41) is 21.3. The molecule has 0 heterocycles. The van der Waals surface area contributed by atoms with Gasteiger partial charge in [0.2, 0.25) is 37.5 Å². The number of anilines is 4. The van der Waals surface area contributed by atoms with Crippen LogP contribution in [0.1, 0.15) is 64.2 Å². The first kappa shape index (κ1) is 47.1. The number of nitrogens with one attached hydrogen (secondary N) is 6. The van der Waals surface area contributed by atoms with E-state index < -0.39 is 16.5 Å². The Morgan fingerprint density at radius 1 is 0.524 bits per heavy atom. The van der Waals surface area contributed by atoms with E-state index in [0.717, 1.165) is 105 Å². The Hall–Kier alpha value is -5.44. The van der Waals surface area contributed by atoms with Crippen molar-refractivity contribution >= 4 is 130 Å². The zero-order valence-corrected chi connectivity index (χ0v) is 40.3. The van der Waals surface area contributed by atoms with Gasteiger partial charge in [-0.15, -0.1) is 67.4 Å². The fourth-order valence-corrected chi connectivity index (χ4v) is 15.2. The van der Waals surface area contributed by atoms with E-state index in [9.17, 15) is 28.8 Å². The fourth-order valence-electron chi connectivity index (χ4n) is 9.93. The van der Waals surface area contributed by atoms with Crippen LogP contribution in [0.15, 0.2) is 72.8 Å². The summed E-state index contributed by atoms with van der Waals surface area (Å²) in [6, 6.07) is 24.2. The molecule has 0 unspecified atom stereocenters. The van der Waals surface area contributed by atoms with Gasteiger partial charge in [-0.2, -0.15) is 0 Å². The second-order valence-corrected chi connectivity index (χ2v) is 25.7. The summed E-state index contributed by atoms with van der Waals surface area (Å²) in [5.74, 6) is 0.305. The minimum atomic E-state index is -2.57. The van der Waals surface area contributed by atoms with Gasteiger partial charge in [-0.3, -0.25) is 28.8 Å². The normalized spacial score (nSPS) is 14.8. The van der Waals surface area contributed by atoms with Gasteiger partial charge in [-0.1, -0.05) is 124 Å². The first-order valence-electron chi connectivity index (χ1n) is 21.7. The summed E-state index contributed by atoms with van der Waals surface area (Å²) in [5.41, 5.74) is 2.19. The van der Waals surface area contributed by atoms with Gasteiger partial charge in [-0.25, -0.2) is 0 Å². The summed E-state index contributed by atoms with van der Waals surface area (Å²) >= 11 is 0. The van der Waals surface area contributed by atoms with Crippen molar-refractivity contribution in [3.8, 4) is 0 Å². The second-order valence-electron chi connectivity index (χ2n) is 17.7. The van der Waals surface area contributed by atoms with Crippen LogP contribution in [0.25, 0.3) is 43.1 Å². The summed E-state index contributed by atoms with van der Waals surface area (Å²) in [4.78, 5) is 78.7. The van der Waals surface area contributed by atoms with Crippen molar-refractivity contribution in [1.29, 1.82) is 0 Å². The van der Waals surface area contributed by atoms with E-state index in [1.165, 1.54) is 12.8 Å². The van der Waals surface area contributed by atoms with Crippen LogP contribution in [0, 0.1) is 11.8 Å². The fraction of sp³-hybridized carbons (Fsp3) is 0.333. The number of benzene rings is 4. The van der Waals surface area contributed by atoms with Crippen LogP contribution >= 0.6 is 0 Å². The molecule has 6 amide bonds. The van der Waals surface area contributed by atoms with Crippen molar-refractivity contribution in [2.24, 2.45) is 11.8 Å². The molecule has 0 aromatic heterocycles. The largest absolute Gasteiger partial charge is 2.00 e. The van der Waals surface area contributed by atoms with E-state index in [-0.39, 0.29) is 44.7 Å². The number of carbonyl (C=O) groups is 6. The first-order chi connectivity index (χ1) is 29.9. The maximum Gasteiger partial charge on any atom is 2.00 e. The van der Waals surface area contributed by atoms with Gasteiger partial charge in [0, 0.05) is 34.6 Å². The molecular weight excluding hydrogens is 909 g/mol. The van der Waals surface area contributed by atoms with Crippen molar-refractivity contribution in [1.82, 2.24) is 9.96 Å². The van der Waals surface area contributed by atoms with Crippen molar-refractivity contribution in [3.05, 3.63) is 72.8 Å². The zero-order chi connectivity index (χ0) is 44.0. The zero-order valence-electron chi connectivity index (χ0n) is 36.3. The van der Waals surface area contributed by atoms with E-state index in [1.807, 2.05) is 60.7 Å². The number of hydrogen-bond acceptors (Lipinski definition) is 6. The number of amides is 6. The van der Waals surface area contributed by atoms with E-state index in [0.29, 0.717) is 48.4 Å². The predicted molar refractivity (Wildman–Crippen MR) is 257 cm³/mol. The van der Waals surface area contributed by atoms with E-state index in [1.54, 1.807) is 0 Å². The van der Waals surface area contributed by atoms with Gasteiger partial charge in [0.25, 0.3) is 0 Å². The Labute approximate surface area is 384 Å². The summed E-state index contributed by atoms with van der Waals surface area (Å²) in [6.07, 6.45) is 12.9. The van der Waals surface area contributed by atoms with Gasteiger partial charge in [0.15, 0.2) is 0 Å². The van der Waals surface area contributed by atoms with Crippen LogP contribution in [0.4, 0.5) is 22.7 Å². The number of carbonyl (C=O) groups excluding carboxylic acids is 6. The Balaban J connectivity index is 0.000000206. The van der Waals surface area contributed by atoms with Crippen LogP contribution in [0.2, 0.25) is 26.2 Å². The number of hydrogen-bond donors (Lipinski definition) is 6. The van der Waals surface area contributed by atoms with E-state index in [4.69, 9.17) is 0 Å². The molecule has 2 aliphatic carbocycles. The van der Waals surface area contributed by atoms with Gasteiger partial charge >= 0.3 is 21.1 Å². The van der Waals surface area contributed by atoms with Crippen molar-refractivity contribution < 1.29 is 49.8 Å². The molecule has 0 bridgehead atoms. The predicted octanol–water partition coefficient (Wildman–Crippen LogP) is 7.91. The summed E-state index contributed by atoms with van der Waals surface area (Å²) in [7, 11) is -5.15. The molecule has 0 radical (unpaired) electrons. The third-order valence-corrected chi connectivity index (χ3v) is 18.0. The minimum absolute atomic E-state index is 0. The molecule has 63 heavy (non-hydrogen) atoms. The molecule has 6 N–H and O–H groups in total. The van der Waals surface area contributed by atoms with Gasteiger partial charge < -0.3 is 31.2 Å². The molecule has 0 saturated heterocycles. The van der Waals surface area contributed by atoms with Crippen LogP contribution in [-0.4, -0.2) is 53.9 Å². The van der Waals surface area contributed by atoms with Gasteiger partial charge in [0.05, 0.1) is 0 Å². The third-order valence-electron chi connectivity index (χ3n) is 12.7. The quantitative estimate of drug-likeness (QED) is 0.0368. The molecular formula is C48H56MoN6O6Si2. The second kappa shape index (κ2) is 20.4. The molecule has 6 aromatic carbocycles. The first-order valence-corrected chi connectivity index (χ1v) is 27.7. The molecule has 2 fully saturated rings. The van der Waals surface area contributed by atoms with Gasteiger partial charge in [-0.05, 0) is 25.7 Å². The molecule has 0 aliphatic heterocycles.